The number of hydrogen-bond acceptors (Lipinski definition) is 3. The lowest BCUT2D eigenvalue weighted by molar-refractivity contribution is 0.440. The normalized spacial score (nSPS) is 18.5. The molecular weight excluding hydrogens is 228 g/mol. The number of nitrogens with two attached hydrogens (primary N) is 1. The summed E-state index contributed by atoms with van der Waals surface area (Å²) in [6.07, 6.45) is 8.90. The van der Waals surface area contributed by atoms with E-state index in [2.05, 4.69) is 19.2 Å². The van der Waals surface area contributed by atoms with Crippen LogP contribution in [-0.2, 0) is 6.42 Å². The van der Waals surface area contributed by atoms with E-state index in [-0.39, 0.29) is 5.54 Å². The molecule has 17 heavy (non-hydrogen) atoms. The van der Waals surface area contributed by atoms with Gasteiger partial charge in [0, 0.05) is 16.8 Å². The SMILES string of the molecule is CC(C)(N)CCc1csc(C2CCCCC2)n1. The number of hydrogen-bond donors (Lipinski definition) is 1. The first kappa shape index (κ1) is 13.0. The van der Waals surface area contributed by atoms with Gasteiger partial charge in [-0.25, -0.2) is 4.98 Å². The average molecular weight is 252 g/mol. The van der Waals surface area contributed by atoms with Crippen LogP contribution in [0.1, 0.15) is 69.0 Å². The molecule has 1 fully saturated rings. The molecule has 0 amide bonds. The third kappa shape index (κ3) is 4.07. The van der Waals surface area contributed by atoms with Crippen molar-refractivity contribution in [2.75, 3.05) is 0 Å². The highest BCUT2D eigenvalue weighted by atomic mass is 32.1. The summed E-state index contributed by atoms with van der Waals surface area (Å²) in [5.74, 6) is 0.744. The molecule has 1 aromatic rings. The van der Waals surface area contributed by atoms with Gasteiger partial charge in [0.25, 0.3) is 0 Å². The maximum absolute atomic E-state index is 6.01. The van der Waals surface area contributed by atoms with Gasteiger partial charge in [0.1, 0.15) is 0 Å². The molecule has 1 aliphatic carbocycles. The van der Waals surface area contributed by atoms with Crippen molar-refractivity contribution in [3.8, 4) is 0 Å². The fourth-order valence-corrected chi connectivity index (χ4v) is 3.45. The van der Waals surface area contributed by atoms with E-state index in [1.807, 2.05) is 11.3 Å². The maximum atomic E-state index is 6.01. The summed E-state index contributed by atoms with van der Waals surface area (Å²) in [6, 6.07) is 0. The van der Waals surface area contributed by atoms with Gasteiger partial charge in [-0.15, -0.1) is 11.3 Å². The van der Waals surface area contributed by atoms with Crippen molar-refractivity contribution in [2.24, 2.45) is 5.73 Å². The molecule has 3 heteroatoms. The first-order valence-electron chi connectivity index (χ1n) is 6.78. The van der Waals surface area contributed by atoms with Gasteiger partial charge < -0.3 is 5.73 Å². The maximum Gasteiger partial charge on any atom is 0.0959 e. The molecule has 2 N–H and O–H groups in total. The van der Waals surface area contributed by atoms with Crippen LogP contribution in [0.15, 0.2) is 5.38 Å². The molecule has 0 aliphatic heterocycles. The number of thiazole rings is 1. The van der Waals surface area contributed by atoms with Crippen LogP contribution in [0.2, 0.25) is 0 Å². The van der Waals surface area contributed by atoms with E-state index < -0.39 is 0 Å². The molecule has 1 heterocycles. The molecule has 0 saturated heterocycles. The van der Waals surface area contributed by atoms with E-state index in [1.165, 1.54) is 42.8 Å². The minimum atomic E-state index is -0.0748. The van der Waals surface area contributed by atoms with Crippen LogP contribution in [0, 0.1) is 0 Å². The van der Waals surface area contributed by atoms with Crippen molar-refractivity contribution in [2.45, 2.75) is 70.3 Å². The largest absolute Gasteiger partial charge is 0.326 e. The molecular formula is C14H24N2S. The van der Waals surface area contributed by atoms with Crippen molar-refractivity contribution in [1.29, 1.82) is 0 Å². The highest BCUT2D eigenvalue weighted by molar-refractivity contribution is 7.09. The van der Waals surface area contributed by atoms with Gasteiger partial charge >= 0.3 is 0 Å². The molecule has 0 unspecified atom stereocenters. The summed E-state index contributed by atoms with van der Waals surface area (Å²) in [5, 5.41) is 3.60. The van der Waals surface area contributed by atoms with E-state index >= 15 is 0 Å². The molecule has 1 aromatic heterocycles. The smallest absolute Gasteiger partial charge is 0.0959 e. The second-order valence-corrected chi connectivity index (χ2v) is 6.89. The Kier molecular flexibility index (Phi) is 4.21. The predicted octanol–water partition coefficient (Wildman–Crippen LogP) is 3.86. The molecule has 0 aromatic carbocycles. The Morgan fingerprint density at radius 3 is 2.71 bits per heavy atom. The van der Waals surface area contributed by atoms with Crippen molar-refractivity contribution in [3.05, 3.63) is 16.1 Å². The van der Waals surface area contributed by atoms with Gasteiger partial charge in [-0.2, -0.15) is 0 Å². The van der Waals surface area contributed by atoms with Crippen LogP contribution in [0.3, 0.4) is 0 Å². The summed E-state index contributed by atoms with van der Waals surface area (Å²) in [5.41, 5.74) is 7.18. The van der Waals surface area contributed by atoms with Crippen LogP contribution >= 0.6 is 11.3 Å². The van der Waals surface area contributed by atoms with Crippen LogP contribution in [-0.4, -0.2) is 10.5 Å². The van der Waals surface area contributed by atoms with Gasteiger partial charge in [0.05, 0.1) is 10.7 Å². The third-order valence-electron chi connectivity index (χ3n) is 3.55. The van der Waals surface area contributed by atoms with Gasteiger partial charge in [0.2, 0.25) is 0 Å². The first-order chi connectivity index (χ1) is 8.04. The Balaban J connectivity index is 1.91. The van der Waals surface area contributed by atoms with Gasteiger partial charge in [-0.05, 0) is 39.5 Å². The summed E-state index contributed by atoms with van der Waals surface area (Å²) < 4.78 is 0. The standard InChI is InChI=1S/C14H24N2S/c1-14(2,15)9-8-12-10-17-13(16-12)11-6-4-3-5-7-11/h10-11H,3-9,15H2,1-2H3. The zero-order valence-corrected chi connectivity index (χ0v) is 11.9. The number of aryl methyl sites for hydroxylation is 1. The molecule has 1 aliphatic rings. The van der Waals surface area contributed by atoms with Crippen LogP contribution in [0.5, 0.6) is 0 Å². The topological polar surface area (TPSA) is 38.9 Å². The molecule has 0 spiro atoms. The summed E-state index contributed by atoms with van der Waals surface area (Å²) in [6.45, 7) is 4.17. The highest BCUT2D eigenvalue weighted by Gasteiger charge is 2.19. The van der Waals surface area contributed by atoms with Crippen molar-refractivity contribution >= 4 is 11.3 Å². The number of nitrogens with zero attached hydrogens (tertiary/aromatic N) is 1. The number of aromatic nitrogens is 1. The Morgan fingerprint density at radius 1 is 1.35 bits per heavy atom. The predicted molar refractivity (Wildman–Crippen MR) is 74.5 cm³/mol. The lowest BCUT2D eigenvalue weighted by Gasteiger charge is -2.19. The lowest BCUT2D eigenvalue weighted by atomic mass is 9.90. The molecule has 96 valence electrons. The molecule has 0 bridgehead atoms. The second kappa shape index (κ2) is 5.49. The summed E-state index contributed by atoms with van der Waals surface area (Å²) in [4.78, 5) is 4.80. The molecule has 1 saturated carbocycles. The van der Waals surface area contributed by atoms with E-state index in [0.717, 1.165) is 18.8 Å². The fourth-order valence-electron chi connectivity index (χ4n) is 2.42. The Morgan fingerprint density at radius 2 is 2.06 bits per heavy atom. The highest BCUT2D eigenvalue weighted by Crippen LogP contribution is 2.34. The Hall–Kier alpha value is -0.410. The van der Waals surface area contributed by atoms with Crippen molar-refractivity contribution < 1.29 is 0 Å². The average Bonchev–Trinajstić information content (AvgIpc) is 2.75. The third-order valence-corrected chi connectivity index (χ3v) is 4.61. The lowest BCUT2D eigenvalue weighted by Crippen LogP contribution is -2.32. The van der Waals surface area contributed by atoms with Crippen LogP contribution in [0.25, 0.3) is 0 Å². The van der Waals surface area contributed by atoms with E-state index in [0.29, 0.717) is 0 Å². The summed E-state index contributed by atoms with van der Waals surface area (Å²) in [7, 11) is 0. The van der Waals surface area contributed by atoms with E-state index in [1.54, 1.807) is 0 Å². The van der Waals surface area contributed by atoms with Crippen LogP contribution < -0.4 is 5.73 Å². The van der Waals surface area contributed by atoms with E-state index in [4.69, 9.17) is 10.7 Å². The zero-order valence-electron chi connectivity index (χ0n) is 11.0. The van der Waals surface area contributed by atoms with Crippen molar-refractivity contribution in [3.63, 3.8) is 0 Å². The zero-order chi connectivity index (χ0) is 12.3. The Bertz CT molecular complexity index is 345. The minimum Gasteiger partial charge on any atom is -0.326 e. The molecule has 2 rings (SSSR count). The molecule has 2 nitrogen and oxygen atoms in total. The van der Waals surface area contributed by atoms with Gasteiger partial charge in [0.15, 0.2) is 0 Å². The van der Waals surface area contributed by atoms with E-state index in [9.17, 15) is 0 Å². The van der Waals surface area contributed by atoms with Gasteiger partial charge in [-0.3, -0.25) is 0 Å². The molecule has 0 radical (unpaired) electrons. The minimum absolute atomic E-state index is 0.0748. The molecule has 0 atom stereocenters. The monoisotopic (exact) mass is 252 g/mol. The van der Waals surface area contributed by atoms with Gasteiger partial charge in [-0.1, -0.05) is 19.3 Å². The quantitative estimate of drug-likeness (QED) is 0.883. The van der Waals surface area contributed by atoms with Crippen molar-refractivity contribution in [1.82, 2.24) is 4.98 Å². The fraction of sp³-hybridized carbons (Fsp3) is 0.786. The summed E-state index contributed by atoms with van der Waals surface area (Å²) >= 11 is 1.85. The Labute approximate surface area is 109 Å². The van der Waals surface area contributed by atoms with Crippen LogP contribution in [0.4, 0.5) is 0 Å². The first-order valence-corrected chi connectivity index (χ1v) is 7.66. The number of rotatable bonds is 4. The second-order valence-electron chi connectivity index (χ2n) is 6.00.